The van der Waals surface area contributed by atoms with E-state index >= 15 is 0 Å². The molecule has 0 bridgehead atoms. The average molecular weight is 352 g/mol. The Morgan fingerprint density at radius 2 is 2.11 bits per heavy atom. The number of aliphatic hydroxyl groups excluding tert-OH is 1. The molecule has 1 atom stereocenters. The van der Waals surface area contributed by atoms with Crippen molar-refractivity contribution in [1.29, 1.82) is 0 Å². The number of sulfonamides is 1. The fourth-order valence-corrected chi connectivity index (χ4v) is 3.49. The van der Waals surface area contributed by atoms with Gasteiger partial charge in [-0.1, -0.05) is 22.9 Å². The number of aliphatic hydroxyl groups is 1. The molecule has 0 spiro atoms. The van der Waals surface area contributed by atoms with E-state index in [1.54, 1.807) is 26.0 Å². The van der Waals surface area contributed by atoms with Crippen molar-refractivity contribution >= 4 is 26.0 Å². The molecule has 0 aliphatic rings. The van der Waals surface area contributed by atoms with Gasteiger partial charge in [0.25, 0.3) is 0 Å². The number of hydrogen-bond donors (Lipinski definition) is 2. The summed E-state index contributed by atoms with van der Waals surface area (Å²) in [4.78, 5) is 0.0654. The normalized spacial score (nSPS) is 13.3. The van der Waals surface area contributed by atoms with E-state index in [9.17, 15) is 8.42 Å². The van der Waals surface area contributed by atoms with E-state index in [1.807, 2.05) is 0 Å². The minimum absolute atomic E-state index is 0.0654. The van der Waals surface area contributed by atoms with Crippen LogP contribution in [0.1, 0.15) is 20.3 Å². The predicted octanol–water partition coefficient (Wildman–Crippen LogP) is 1.90. The Bertz CT molecular complexity index is 514. The lowest BCUT2D eigenvalue weighted by molar-refractivity contribution is 0.253. The van der Waals surface area contributed by atoms with Gasteiger partial charge in [0.2, 0.25) is 10.0 Å². The highest BCUT2D eigenvalue weighted by atomic mass is 79.9. The Balaban J connectivity index is 3.15. The molecule has 1 aromatic carbocycles. The van der Waals surface area contributed by atoms with Gasteiger partial charge in [0.1, 0.15) is 10.6 Å². The number of nitrogens with one attached hydrogen (secondary N) is 1. The van der Waals surface area contributed by atoms with E-state index in [1.165, 1.54) is 6.07 Å². The fourth-order valence-electron chi connectivity index (χ4n) is 1.50. The SMILES string of the molecule is CCOc1ccc(Br)cc1S(=O)(=O)N[C@@H](CC)CO. The molecule has 1 rings (SSSR count). The van der Waals surface area contributed by atoms with Gasteiger partial charge in [0.05, 0.1) is 13.2 Å². The maximum absolute atomic E-state index is 12.3. The number of ether oxygens (including phenoxy) is 1. The summed E-state index contributed by atoms with van der Waals surface area (Å²) < 4.78 is 33.0. The molecule has 0 aliphatic carbocycles. The first-order valence-electron chi connectivity index (χ1n) is 6.00. The summed E-state index contributed by atoms with van der Waals surface area (Å²) in [5, 5.41) is 9.10. The van der Waals surface area contributed by atoms with Crippen LogP contribution in [0.4, 0.5) is 0 Å². The second kappa shape index (κ2) is 7.23. The van der Waals surface area contributed by atoms with Gasteiger partial charge < -0.3 is 9.84 Å². The summed E-state index contributed by atoms with van der Waals surface area (Å²) in [5.74, 6) is 0.297. The molecule has 1 aromatic rings. The maximum atomic E-state index is 12.3. The molecule has 0 saturated carbocycles. The van der Waals surface area contributed by atoms with Crippen molar-refractivity contribution in [1.82, 2.24) is 4.72 Å². The van der Waals surface area contributed by atoms with Crippen LogP contribution in [0.5, 0.6) is 5.75 Å². The summed E-state index contributed by atoms with van der Waals surface area (Å²) >= 11 is 3.24. The van der Waals surface area contributed by atoms with Crippen molar-refractivity contribution < 1.29 is 18.3 Å². The summed E-state index contributed by atoms with van der Waals surface area (Å²) in [6, 6.07) is 4.30. The molecule has 108 valence electrons. The Labute approximate surface area is 122 Å². The maximum Gasteiger partial charge on any atom is 0.244 e. The molecular weight excluding hydrogens is 334 g/mol. The molecule has 0 heterocycles. The lowest BCUT2D eigenvalue weighted by Crippen LogP contribution is -2.37. The first-order valence-corrected chi connectivity index (χ1v) is 8.27. The second-order valence-electron chi connectivity index (χ2n) is 3.93. The van der Waals surface area contributed by atoms with Crippen molar-refractivity contribution in [3.05, 3.63) is 22.7 Å². The molecule has 0 unspecified atom stereocenters. The van der Waals surface area contributed by atoms with Gasteiger partial charge in [-0.25, -0.2) is 13.1 Å². The van der Waals surface area contributed by atoms with Crippen LogP contribution in [0.15, 0.2) is 27.6 Å². The highest BCUT2D eigenvalue weighted by Gasteiger charge is 2.23. The fraction of sp³-hybridized carbons (Fsp3) is 0.500. The van der Waals surface area contributed by atoms with Crippen LogP contribution >= 0.6 is 15.9 Å². The van der Waals surface area contributed by atoms with E-state index in [0.717, 1.165) is 0 Å². The zero-order chi connectivity index (χ0) is 14.5. The highest BCUT2D eigenvalue weighted by Crippen LogP contribution is 2.27. The minimum atomic E-state index is -3.72. The molecule has 2 N–H and O–H groups in total. The minimum Gasteiger partial charge on any atom is -0.492 e. The van der Waals surface area contributed by atoms with Crippen molar-refractivity contribution in [3.63, 3.8) is 0 Å². The molecule has 0 fully saturated rings. The Morgan fingerprint density at radius 1 is 1.42 bits per heavy atom. The van der Waals surface area contributed by atoms with Gasteiger partial charge in [-0.3, -0.25) is 0 Å². The zero-order valence-electron chi connectivity index (χ0n) is 10.9. The van der Waals surface area contributed by atoms with Crippen LogP contribution in [0.2, 0.25) is 0 Å². The zero-order valence-corrected chi connectivity index (χ0v) is 13.3. The van der Waals surface area contributed by atoms with Crippen molar-refractivity contribution in [3.8, 4) is 5.75 Å². The first kappa shape index (κ1) is 16.4. The van der Waals surface area contributed by atoms with Crippen LogP contribution in [0.3, 0.4) is 0 Å². The topological polar surface area (TPSA) is 75.6 Å². The van der Waals surface area contributed by atoms with Crippen molar-refractivity contribution in [2.24, 2.45) is 0 Å². The monoisotopic (exact) mass is 351 g/mol. The average Bonchev–Trinajstić information content (AvgIpc) is 2.38. The summed E-state index contributed by atoms with van der Waals surface area (Å²) in [6.07, 6.45) is 0.508. The van der Waals surface area contributed by atoms with Crippen LogP contribution in [-0.2, 0) is 10.0 Å². The molecule has 0 radical (unpaired) electrons. The molecule has 0 amide bonds. The summed E-state index contributed by atoms with van der Waals surface area (Å²) in [7, 11) is -3.72. The van der Waals surface area contributed by atoms with Gasteiger partial charge in [-0.15, -0.1) is 0 Å². The number of benzene rings is 1. The number of rotatable bonds is 7. The molecule has 0 saturated heterocycles. The predicted molar refractivity (Wildman–Crippen MR) is 76.8 cm³/mol. The van der Waals surface area contributed by atoms with E-state index in [2.05, 4.69) is 20.7 Å². The third kappa shape index (κ3) is 4.45. The first-order chi connectivity index (χ1) is 8.94. The van der Waals surface area contributed by atoms with Gasteiger partial charge in [0, 0.05) is 10.5 Å². The van der Waals surface area contributed by atoms with Gasteiger partial charge in [0.15, 0.2) is 0 Å². The van der Waals surface area contributed by atoms with Crippen molar-refractivity contribution in [2.45, 2.75) is 31.2 Å². The van der Waals surface area contributed by atoms with Crippen LogP contribution < -0.4 is 9.46 Å². The highest BCUT2D eigenvalue weighted by molar-refractivity contribution is 9.10. The quantitative estimate of drug-likeness (QED) is 0.786. The number of halogens is 1. The Morgan fingerprint density at radius 3 is 2.63 bits per heavy atom. The molecule has 7 heteroatoms. The molecule has 5 nitrogen and oxygen atoms in total. The summed E-state index contributed by atoms with van der Waals surface area (Å²) in [6.45, 7) is 3.72. The third-order valence-corrected chi connectivity index (χ3v) is 4.57. The van der Waals surface area contributed by atoms with Crippen LogP contribution in [0.25, 0.3) is 0 Å². The van der Waals surface area contributed by atoms with E-state index in [0.29, 0.717) is 23.2 Å². The third-order valence-electron chi connectivity index (χ3n) is 2.53. The van der Waals surface area contributed by atoms with E-state index in [4.69, 9.17) is 9.84 Å². The lowest BCUT2D eigenvalue weighted by Gasteiger charge is -2.16. The Hall–Kier alpha value is -0.630. The Kier molecular flexibility index (Phi) is 6.25. The van der Waals surface area contributed by atoms with Crippen LogP contribution in [-0.4, -0.2) is 32.8 Å². The van der Waals surface area contributed by atoms with Crippen LogP contribution in [0, 0.1) is 0 Å². The molecule has 0 aliphatic heterocycles. The van der Waals surface area contributed by atoms with Gasteiger partial charge >= 0.3 is 0 Å². The standard InChI is InChI=1S/C12H18BrNO4S/c1-3-10(8-15)14-19(16,17)12-7-9(13)5-6-11(12)18-4-2/h5-7,10,14-15H,3-4,8H2,1-2H3/t10-/m0/s1. The number of hydrogen-bond acceptors (Lipinski definition) is 4. The largest absolute Gasteiger partial charge is 0.492 e. The van der Waals surface area contributed by atoms with Crippen molar-refractivity contribution in [2.75, 3.05) is 13.2 Å². The second-order valence-corrected chi connectivity index (χ2v) is 6.53. The lowest BCUT2D eigenvalue weighted by atomic mass is 10.3. The van der Waals surface area contributed by atoms with E-state index < -0.39 is 16.1 Å². The van der Waals surface area contributed by atoms with E-state index in [-0.39, 0.29) is 11.5 Å². The van der Waals surface area contributed by atoms with Gasteiger partial charge in [-0.2, -0.15) is 0 Å². The molecule has 0 aromatic heterocycles. The van der Waals surface area contributed by atoms with Gasteiger partial charge in [-0.05, 0) is 31.5 Å². The molecular formula is C12H18BrNO4S. The molecule has 19 heavy (non-hydrogen) atoms. The smallest absolute Gasteiger partial charge is 0.244 e. The summed E-state index contributed by atoms with van der Waals surface area (Å²) in [5.41, 5.74) is 0.